The summed E-state index contributed by atoms with van der Waals surface area (Å²) in [4.78, 5) is 42.4. The molecular weight excluding hydrogens is 420 g/mol. The molecule has 30 heavy (non-hydrogen) atoms. The summed E-state index contributed by atoms with van der Waals surface area (Å²) in [6, 6.07) is 1.75. The summed E-state index contributed by atoms with van der Waals surface area (Å²) in [7, 11) is 0. The SMILES string of the molecule is O=C(CCSCc1nc2sc3c(c2c(=O)[nH]1)CCCC3)NCCNc1ncccn1. The Morgan fingerprint density at radius 3 is 2.90 bits per heavy atom. The van der Waals surface area contributed by atoms with Crippen LogP contribution < -0.4 is 16.2 Å². The number of thioether (sulfide) groups is 1. The molecular formula is C20H24N6O2S2. The molecule has 0 atom stereocenters. The van der Waals surface area contributed by atoms with E-state index in [1.54, 1.807) is 41.6 Å². The van der Waals surface area contributed by atoms with E-state index in [4.69, 9.17) is 0 Å². The number of rotatable bonds is 9. The van der Waals surface area contributed by atoms with Gasteiger partial charge in [0.2, 0.25) is 11.9 Å². The first-order chi connectivity index (χ1) is 14.7. The Bertz CT molecular complexity index is 1070. The van der Waals surface area contributed by atoms with E-state index in [-0.39, 0.29) is 11.5 Å². The van der Waals surface area contributed by atoms with E-state index in [1.165, 1.54) is 16.9 Å². The van der Waals surface area contributed by atoms with Crippen molar-refractivity contribution in [1.82, 2.24) is 25.3 Å². The molecule has 8 nitrogen and oxygen atoms in total. The van der Waals surface area contributed by atoms with Crippen LogP contribution in [0.5, 0.6) is 0 Å². The molecule has 3 heterocycles. The number of H-pyrrole nitrogens is 1. The lowest BCUT2D eigenvalue weighted by Crippen LogP contribution is -2.29. The first-order valence-electron chi connectivity index (χ1n) is 10.1. The number of nitrogens with one attached hydrogen (secondary N) is 3. The largest absolute Gasteiger partial charge is 0.354 e. The molecule has 0 radical (unpaired) electrons. The quantitative estimate of drug-likeness (QED) is 0.435. The highest BCUT2D eigenvalue weighted by Crippen LogP contribution is 2.33. The van der Waals surface area contributed by atoms with Crippen molar-refractivity contribution in [2.45, 2.75) is 37.9 Å². The number of hydrogen-bond acceptors (Lipinski definition) is 8. The zero-order valence-corrected chi connectivity index (χ0v) is 18.2. The number of amides is 1. The molecule has 0 bridgehead atoms. The molecule has 0 unspecified atom stereocenters. The highest BCUT2D eigenvalue weighted by atomic mass is 32.2. The van der Waals surface area contributed by atoms with Gasteiger partial charge in [-0.3, -0.25) is 9.59 Å². The van der Waals surface area contributed by atoms with E-state index in [1.807, 2.05) is 0 Å². The van der Waals surface area contributed by atoms with E-state index >= 15 is 0 Å². The highest BCUT2D eigenvalue weighted by molar-refractivity contribution is 7.98. The van der Waals surface area contributed by atoms with E-state index in [9.17, 15) is 9.59 Å². The molecule has 1 aliphatic rings. The van der Waals surface area contributed by atoms with Crippen molar-refractivity contribution in [3.63, 3.8) is 0 Å². The molecule has 1 amide bonds. The summed E-state index contributed by atoms with van der Waals surface area (Å²) >= 11 is 3.26. The summed E-state index contributed by atoms with van der Waals surface area (Å²) < 4.78 is 0. The van der Waals surface area contributed by atoms with Crippen LogP contribution in [0.15, 0.2) is 23.3 Å². The van der Waals surface area contributed by atoms with Crippen LogP contribution in [-0.2, 0) is 23.4 Å². The van der Waals surface area contributed by atoms with Crippen LogP contribution in [0.25, 0.3) is 10.2 Å². The topological polar surface area (TPSA) is 113 Å². The Labute approximate surface area is 182 Å². The first-order valence-corrected chi connectivity index (χ1v) is 12.1. The van der Waals surface area contributed by atoms with Gasteiger partial charge in [-0.25, -0.2) is 15.0 Å². The third-order valence-electron chi connectivity index (χ3n) is 4.88. The van der Waals surface area contributed by atoms with Gasteiger partial charge in [-0.2, -0.15) is 11.8 Å². The fourth-order valence-electron chi connectivity index (χ4n) is 3.47. The fraction of sp³-hybridized carbons (Fsp3) is 0.450. The summed E-state index contributed by atoms with van der Waals surface area (Å²) in [6.07, 6.45) is 8.13. The van der Waals surface area contributed by atoms with Crippen LogP contribution in [0.1, 0.15) is 35.5 Å². The molecule has 0 saturated heterocycles. The third-order valence-corrected chi connectivity index (χ3v) is 7.04. The van der Waals surface area contributed by atoms with Crippen LogP contribution in [0.3, 0.4) is 0 Å². The predicted octanol–water partition coefficient (Wildman–Crippen LogP) is 2.51. The Morgan fingerprint density at radius 2 is 2.03 bits per heavy atom. The Hall–Kier alpha value is -2.46. The number of hydrogen-bond donors (Lipinski definition) is 3. The molecule has 0 saturated carbocycles. The number of nitrogens with zero attached hydrogens (tertiary/aromatic N) is 3. The predicted molar refractivity (Wildman–Crippen MR) is 121 cm³/mol. The normalized spacial score (nSPS) is 13.2. The number of thiophene rings is 1. The number of aryl methyl sites for hydroxylation is 2. The molecule has 0 spiro atoms. The minimum atomic E-state index is -0.0253. The molecule has 158 valence electrons. The van der Waals surface area contributed by atoms with Gasteiger partial charge >= 0.3 is 0 Å². The smallest absolute Gasteiger partial charge is 0.259 e. The second-order valence-electron chi connectivity index (χ2n) is 7.06. The molecule has 0 aliphatic heterocycles. The highest BCUT2D eigenvalue weighted by Gasteiger charge is 2.19. The van der Waals surface area contributed by atoms with Gasteiger partial charge in [0.15, 0.2) is 0 Å². The molecule has 3 N–H and O–H groups in total. The Balaban J connectivity index is 1.19. The molecule has 1 aliphatic carbocycles. The van der Waals surface area contributed by atoms with E-state index in [0.29, 0.717) is 42.8 Å². The van der Waals surface area contributed by atoms with E-state index in [0.717, 1.165) is 29.5 Å². The van der Waals surface area contributed by atoms with E-state index in [2.05, 4.69) is 30.6 Å². The van der Waals surface area contributed by atoms with Gasteiger partial charge < -0.3 is 15.6 Å². The van der Waals surface area contributed by atoms with Crippen LogP contribution in [0.2, 0.25) is 0 Å². The summed E-state index contributed by atoms with van der Waals surface area (Å²) in [6.45, 7) is 1.08. The van der Waals surface area contributed by atoms with Gasteiger partial charge in [0.05, 0.1) is 11.1 Å². The average molecular weight is 445 g/mol. The minimum absolute atomic E-state index is 0.00103. The van der Waals surface area contributed by atoms with Crippen molar-refractivity contribution in [3.05, 3.63) is 45.1 Å². The maximum Gasteiger partial charge on any atom is 0.259 e. The Morgan fingerprint density at radius 1 is 1.20 bits per heavy atom. The summed E-state index contributed by atoms with van der Waals surface area (Å²) in [5.74, 6) is 2.49. The van der Waals surface area contributed by atoms with Crippen molar-refractivity contribution >= 4 is 45.2 Å². The Kier molecular flexibility index (Phi) is 6.96. The zero-order chi connectivity index (χ0) is 20.8. The number of fused-ring (bicyclic) bond motifs is 3. The van der Waals surface area contributed by atoms with Gasteiger partial charge in [0.1, 0.15) is 10.7 Å². The van der Waals surface area contributed by atoms with Crippen molar-refractivity contribution in [3.8, 4) is 0 Å². The second-order valence-corrected chi connectivity index (χ2v) is 9.24. The lowest BCUT2D eigenvalue weighted by molar-refractivity contribution is -0.120. The monoisotopic (exact) mass is 444 g/mol. The van der Waals surface area contributed by atoms with Gasteiger partial charge in [-0.15, -0.1) is 11.3 Å². The van der Waals surface area contributed by atoms with Gasteiger partial charge in [0.25, 0.3) is 5.56 Å². The van der Waals surface area contributed by atoms with Crippen LogP contribution in [0.4, 0.5) is 5.95 Å². The molecule has 3 aromatic heterocycles. The lowest BCUT2D eigenvalue weighted by Gasteiger charge is -2.09. The molecule has 0 aromatic carbocycles. The second kappa shape index (κ2) is 10.0. The van der Waals surface area contributed by atoms with Crippen LogP contribution in [0, 0.1) is 0 Å². The van der Waals surface area contributed by atoms with Gasteiger partial charge in [-0.1, -0.05) is 0 Å². The van der Waals surface area contributed by atoms with Crippen molar-refractivity contribution in [2.75, 3.05) is 24.2 Å². The molecule has 0 fully saturated rings. The molecule has 4 rings (SSSR count). The van der Waals surface area contributed by atoms with Crippen LogP contribution >= 0.6 is 23.1 Å². The van der Waals surface area contributed by atoms with Crippen molar-refractivity contribution in [2.24, 2.45) is 0 Å². The minimum Gasteiger partial charge on any atom is -0.354 e. The van der Waals surface area contributed by atoms with Gasteiger partial charge in [-0.05, 0) is 37.3 Å². The number of carbonyl (C=O) groups excluding carboxylic acids is 1. The van der Waals surface area contributed by atoms with Gasteiger partial charge in [0, 0.05) is 42.5 Å². The standard InChI is InChI=1S/C20H24N6O2S2/c27-16(21-9-10-24-20-22-7-3-8-23-20)6-11-29-12-15-25-18(28)17-13-4-1-2-5-14(13)30-19(17)26-15/h3,7-8H,1-2,4-6,9-12H2,(H,21,27)(H,22,23,24)(H,25,26,28). The summed E-state index contributed by atoms with van der Waals surface area (Å²) in [5.41, 5.74) is 1.18. The van der Waals surface area contributed by atoms with Crippen molar-refractivity contribution in [1.29, 1.82) is 0 Å². The number of aromatic nitrogens is 4. The maximum absolute atomic E-state index is 12.5. The number of anilines is 1. The van der Waals surface area contributed by atoms with E-state index < -0.39 is 0 Å². The lowest BCUT2D eigenvalue weighted by atomic mass is 9.97. The first kappa shape index (κ1) is 20.8. The zero-order valence-electron chi connectivity index (χ0n) is 16.6. The number of carbonyl (C=O) groups is 1. The summed E-state index contributed by atoms with van der Waals surface area (Å²) in [5, 5.41) is 6.70. The van der Waals surface area contributed by atoms with Crippen LogP contribution in [-0.4, -0.2) is 44.7 Å². The maximum atomic E-state index is 12.5. The third kappa shape index (κ3) is 5.17. The van der Waals surface area contributed by atoms with Crippen molar-refractivity contribution < 1.29 is 4.79 Å². The average Bonchev–Trinajstić information content (AvgIpc) is 3.14. The molecule has 3 aromatic rings. The number of aromatic amines is 1. The fourth-order valence-corrected chi connectivity index (χ4v) is 5.55. The molecule has 10 heteroatoms.